The largest absolute Gasteiger partial charge is 0.207 e. The molecule has 30 heavy (non-hydrogen) atoms. The Morgan fingerprint density at radius 2 is 1.27 bits per heavy atom. The summed E-state index contributed by atoms with van der Waals surface area (Å²) in [5.41, 5.74) is 0.953. The molecule has 0 aliphatic carbocycles. The topological polar surface area (TPSA) is 0 Å². The quantitative estimate of drug-likeness (QED) is 0.182. The molecule has 5 rings (SSSR count). The molecule has 0 aliphatic rings. The molecule has 0 spiro atoms. The van der Waals surface area contributed by atoms with Gasteiger partial charge in [0, 0.05) is 15.4 Å². The van der Waals surface area contributed by atoms with Crippen molar-refractivity contribution in [2.75, 3.05) is 0 Å². The summed E-state index contributed by atoms with van der Waals surface area (Å²) in [6.45, 7) is 0. The lowest BCUT2D eigenvalue weighted by atomic mass is 9.98. The second-order valence-electron chi connectivity index (χ2n) is 7.14. The third-order valence-corrected chi connectivity index (χ3v) is 6.23. The van der Waals surface area contributed by atoms with E-state index < -0.39 is 17.5 Å². The third kappa shape index (κ3) is 3.08. The first-order chi connectivity index (χ1) is 14.5. The first kappa shape index (κ1) is 18.9. The van der Waals surface area contributed by atoms with Crippen LogP contribution in [0.15, 0.2) is 77.3 Å². The van der Waals surface area contributed by atoms with Crippen LogP contribution in [-0.2, 0) is 0 Å². The molecule has 0 saturated carbocycles. The van der Waals surface area contributed by atoms with Crippen molar-refractivity contribution in [2.24, 2.45) is 0 Å². The Morgan fingerprint density at radius 3 is 2.13 bits per heavy atom. The van der Waals surface area contributed by atoms with E-state index in [1.165, 1.54) is 18.2 Å². The minimum absolute atomic E-state index is 0.108. The molecule has 0 nitrogen and oxygen atoms in total. The molecule has 0 aromatic heterocycles. The van der Waals surface area contributed by atoms with Crippen LogP contribution >= 0.6 is 15.9 Å². The van der Waals surface area contributed by atoms with E-state index in [4.69, 9.17) is 0 Å². The molecule has 0 unspecified atom stereocenters. The van der Waals surface area contributed by atoms with E-state index in [0.717, 1.165) is 26.2 Å². The van der Waals surface area contributed by atoms with Crippen molar-refractivity contribution in [3.63, 3.8) is 0 Å². The van der Waals surface area contributed by atoms with Crippen LogP contribution in [0.3, 0.4) is 0 Å². The molecule has 0 saturated heterocycles. The highest BCUT2D eigenvalue weighted by Crippen LogP contribution is 2.33. The van der Waals surface area contributed by atoms with E-state index in [1.807, 2.05) is 36.4 Å². The van der Waals surface area contributed by atoms with Gasteiger partial charge in [-0.1, -0.05) is 66.7 Å². The van der Waals surface area contributed by atoms with Gasteiger partial charge in [-0.15, -0.1) is 0 Å². The van der Waals surface area contributed by atoms with Crippen molar-refractivity contribution < 1.29 is 13.2 Å². The van der Waals surface area contributed by atoms with Crippen LogP contribution in [0.1, 0.15) is 11.1 Å². The Labute approximate surface area is 179 Å². The van der Waals surface area contributed by atoms with Crippen LogP contribution in [0.25, 0.3) is 44.5 Å². The SMILES string of the molecule is Fc1ccc2ccc3c(F)c(F)c(/C=C\c4ccc5ccccc5c4Br)cc3c2c1. The van der Waals surface area contributed by atoms with Gasteiger partial charge in [0.15, 0.2) is 11.6 Å². The zero-order chi connectivity index (χ0) is 20.8. The van der Waals surface area contributed by atoms with Gasteiger partial charge in [-0.2, -0.15) is 0 Å². The summed E-state index contributed by atoms with van der Waals surface area (Å²) in [6, 6.07) is 20.9. The number of halogens is 4. The van der Waals surface area contributed by atoms with E-state index in [0.29, 0.717) is 10.8 Å². The molecule has 4 heteroatoms. The smallest absolute Gasteiger partial charge is 0.167 e. The van der Waals surface area contributed by atoms with Gasteiger partial charge in [0.25, 0.3) is 0 Å². The van der Waals surface area contributed by atoms with E-state index in [-0.39, 0.29) is 10.9 Å². The molecule has 0 atom stereocenters. The molecule has 0 radical (unpaired) electrons. The molecule has 146 valence electrons. The second-order valence-corrected chi connectivity index (χ2v) is 7.94. The van der Waals surface area contributed by atoms with Crippen molar-refractivity contribution in [3.05, 3.63) is 106 Å². The highest BCUT2D eigenvalue weighted by Gasteiger charge is 2.14. The van der Waals surface area contributed by atoms with Gasteiger partial charge in [-0.3, -0.25) is 0 Å². The van der Waals surface area contributed by atoms with Crippen molar-refractivity contribution in [2.45, 2.75) is 0 Å². The van der Waals surface area contributed by atoms with Crippen LogP contribution in [0.5, 0.6) is 0 Å². The first-order valence-corrected chi connectivity index (χ1v) is 10.2. The van der Waals surface area contributed by atoms with Gasteiger partial charge >= 0.3 is 0 Å². The number of fused-ring (bicyclic) bond motifs is 4. The second kappa shape index (κ2) is 7.29. The Balaban J connectivity index is 1.69. The van der Waals surface area contributed by atoms with Crippen LogP contribution in [0.2, 0.25) is 0 Å². The summed E-state index contributed by atoms with van der Waals surface area (Å²) in [5.74, 6) is -2.28. The van der Waals surface area contributed by atoms with Crippen LogP contribution < -0.4 is 0 Å². The minimum atomic E-state index is -0.934. The number of hydrogen-bond donors (Lipinski definition) is 0. The van der Waals surface area contributed by atoms with E-state index in [2.05, 4.69) is 15.9 Å². The van der Waals surface area contributed by atoms with Crippen molar-refractivity contribution in [1.29, 1.82) is 0 Å². The maximum atomic E-state index is 14.8. The molecule has 0 bridgehead atoms. The maximum Gasteiger partial charge on any atom is 0.167 e. The summed E-state index contributed by atoms with van der Waals surface area (Å²) in [7, 11) is 0. The van der Waals surface area contributed by atoms with Gasteiger partial charge in [0.1, 0.15) is 5.82 Å². The van der Waals surface area contributed by atoms with Crippen molar-refractivity contribution in [1.82, 2.24) is 0 Å². The molecule has 5 aromatic carbocycles. The lowest BCUT2D eigenvalue weighted by molar-refractivity contribution is 0.515. The van der Waals surface area contributed by atoms with Gasteiger partial charge < -0.3 is 0 Å². The van der Waals surface area contributed by atoms with Gasteiger partial charge in [0.2, 0.25) is 0 Å². The van der Waals surface area contributed by atoms with Crippen LogP contribution in [0, 0.1) is 17.5 Å². The average Bonchev–Trinajstić information content (AvgIpc) is 2.76. The summed E-state index contributed by atoms with van der Waals surface area (Å²) in [5, 5.41) is 4.04. The molecule has 0 aliphatic heterocycles. The fourth-order valence-corrected chi connectivity index (χ4v) is 4.43. The van der Waals surface area contributed by atoms with E-state index in [1.54, 1.807) is 30.4 Å². The number of rotatable bonds is 2. The third-order valence-electron chi connectivity index (χ3n) is 5.34. The molecular weight excluding hydrogens is 449 g/mol. The highest BCUT2D eigenvalue weighted by atomic mass is 79.9. The molecule has 0 fully saturated rings. The summed E-state index contributed by atoms with van der Waals surface area (Å²) in [4.78, 5) is 0. The standard InChI is InChI=1S/C26H14BrF3/c27-24-17(6-5-15-3-1-2-4-20(15)24)7-8-18-13-23-21(26(30)25(18)29)12-10-16-9-11-19(28)14-22(16)23/h1-14H/b8-7-. The first-order valence-electron chi connectivity index (χ1n) is 9.38. The number of hydrogen-bond acceptors (Lipinski definition) is 0. The predicted molar refractivity (Wildman–Crippen MR) is 122 cm³/mol. The zero-order valence-electron chi connectivity index (χ0n) is 15.6. The predicted octanol–water partition coefficient (Wildman–Crippen LogP) is 8.50. The summed E-state index contributed by atoms with van der Waals surface area (Å²) < 4.78 is 44.2. The molecule has 0 N–H and O–H groups in total. The number of benzene rings is 5. The fourth-order valence-electron chi connectivity index (χ4n) is 3.81. The highest BCUT2D eigenvalue weighted by molar-refractivity contribution is 9.10. The van der Waals surface area contributed by atoms with Gasteiger partial charge in [-0.25, -0.2) is 13.2 Å². The van der Waals surface area contributed by atoms with Crippen molar-refractivity contribution in [3.8, 4) is 0 Å². The summed E-state index contributed by atoms with van der Waals surface area (Å²) in [6.07, 6.45) is 3.29. The lowest BCUT2D eigenvalue weighted by Gasteiger charge is -2.09. The lowest BCUT2D eigenvalue weighted by Crippen LogP contribution is -1.93. The average molecular weight is 463 g/mol. The monoisotopic (exact) mass is 462 g/mol. The van der Waals surface area contributed by atoms with Crippen molar-refractivity contribution >= 4 is 60.4 Å². The Kier molecular flexibility index (Phi) is 4.59. The van der Waals surface area contributed by atoms with Crippen LogP contribution in [0.4, 0.5) is 13.2 Å². The van der Waals surface area contributed by atoms with Crippen LogP contribution in [-0.4, -0.2) is 0 Å². The van der Waals surface area contributed by atoms with E-state index >= 15 is 0 Å². The van der Waals surface area contributed by atoms with Gasteiger partial charge in [-0.05, 0) is 66.6 Å². The molecular formula is C26H14BrF3. The molecule has 0 heterocycles. The van der Waals surface area contributed by atoms with Gasteiger partial charge in [0.05, 0.1) is 0 Å². The Hall–Kier alpha value is -3.11. The molecule has 5 aromatic rings. The zero-order valence-corrected chi connectivity index (χ0v) is 17.2. The Morgan fingerprint density at radius 1 is 0.567 bits per heavy atom. The summed E-state index contributed by atoms with van der Waals surface area (Å²) >= 11 is 3.61. The van der Waals surface area contributed by atoms with E-state index in [9.17, 15) is 13.2 Å². The minimum Gasteiger partial charge on any atom is -0.207 e. The maximum absolute atomic E-state index is 14.8. The Bertz CT molecular complexity index is 1490. The molecule has 0 amide bonds. The normalized spacial score (nSPS) is 11.9. The fraction of sp³-hybridized carbons (Fsp3) is 0.